The fourth-order valence-electron chi connectivity index (χ4n) is 2.38. The van der Waals surface area contributed by atoms with Crippen LogP contribution >= 0.6 is 0 Å². The van der Waals surface area contributed by atoms with Crippen LogP contribution in [-0.4, -0.2) is 23.0 Å². The van der Waals surface area contributed by atoms with Gasteiger partial charge in [-0.1, -0.05) is 13.8 Å². The van der Waals surface area contributed by atoms with Gasteiger partial charge in [-0.25, -0.2) is 4.79 Å². The van der Waals surface area contributed by atoms with E-state index in [-0.39, 0.29) is 23.5 Å². The van der Waals surface area contributed by atoms with E-state index in [4.69, 9.17) is 9.52 Å². The van der Waals surface area contributed by atoms with Crippen molar-refractivity contribution in [3.63, 3.8) is 0 Å². The van der Waals surface area contributed by atoms with E-state index in [0.717, 1.165) is 12.8 Å². The third kappa shape index (κ3) is 2.39. The molecule has 0 aliphatic heterocycles. The lowest BCUT2D eigenvalue weighted by Crippen LogP contribution is -2.37. The Labute approximate surface area is 105 Å². The third-order valence-electron chi connectivity index (χ3n) is 3.82. The van der Waals surface area contributed by atoms with Crippen molar-refractivity contribution in [2.75, 3.05) is 0 Å². The first-order chi connectivity index (χ1) is 8.49. The predicted octanol–water partition coefficient (Wildman–Crippen LogP) is 2.14. The van der Waals surface area contributed by atoms with Gasteiger partial charge in [-0.05, 0) is 36.8 Å². The van der Waals surface area contributed by atoms with Crippen molar-refractivity contribution in [3.8, 4) is 0 Å². The molecule has 5 heteroatoms. The summed E-state index contributed by atoms with van der Waals surface area (Å²) in [5.41, 5.74) is 0. The zero-order chi connectivity index (χ0) is 13.3. The number of nitrogens with one attached hydrogen (secondary N) is 1. The van der Waals surface area contributed by atoms with E-state index >= 15 is 0 Å². The monoisotopic (exact) mass is 251 g/mol. The number of carbonyl (C=O) groups excluding carboxylic acids is 1. The number of rotatable bonds is 3. The Hall–Kier alpha value is -1.78. The highest BCUT2D eigenvalue weighted by Crippen LogP contribution is 2.31. The second-order valence-electron chi connectivity index (χ2n) is 4.96. The molecular weight excluding hydrogens is 234 g/mol. The van der Waals surface area contributed by atoms with E-state index in [1.807, 2.05) is 0 Å². The summed E-state index contributed by atoms with van der Waals surface area (Å²) >= 11 is 0. The molecule has 2 rings (SSSR count). The quantitative estimate of drug-likeness (QED) is 0.862. The molecule has 0 spiro atoms. The molecule has 5 nitrogen and oxygen atoms in total. The van der Waals surface area contributed by atoms with E-state index in [9.17, 15) is 9.59 Å². The van der Waals surface area contributed by atoms with E-state index in [1.165, 1.54) is 12.1 Å². The number of furan rings is 1. The molecule has 0 aromatic carbocycles. The summed E-state index contributed by atoms with van der Waals surface area (Å²) in [5.74, 6) is -0.637. The van der Waals surface area contributed by atoms with Crippen molar-refractivity contribution < 1.29 is 19.1 Å². The molecule has 1 saturated carbocycles. The Balaban J connectivity index is 2.01. The minimum Gasteiger partial charge on any atom is -0.475 e. The van der Waals surface area contributed by atoms with Crippen molar-refractivity contribution >= 4 is 11.9 Å². The zero-order valence-electron chi connectivity index (χ0n) is 10.5. The van der Waals surface area contributed by atoms with Gasteiger partial charge in [0.15, 0.2) is 5.76 Å². The summed E-state index contributed by atoms with van der Waals surface area (Å²) < 4.78 is 4.97. The van der Waals surface area contributed by atoms with Gasteiger partial charge in [0.05, 0.1) is 0 Å². The van der Waals surface area contributed by atoms with E-state index in [2.05, 4.69) is 19.2 Å². The van der Waals surface area contributed by atoms with E-state index in [0.29, 0.717) is 11.8 Å². The number of carboxylic acid groups (broad SMARTS) is 1. The zero-order valence-corrected chi connectivity index (χ0v) is 10.5. The van der Waals surface area contributed by atoms with Crippen molar-refractivity contribution in [3.05, 3.63) is 23.7 Å². The van der Waals surface area contributed by atoms with Crippen LogP contribution in [0, 0.1) is 11.8 Å². The SMILES string of the molecule is CC1CCC(NC(=O)c2ccc(C(=O)O)o2)C1C. The standard InChI is InChI=1S/C13H17NO4/c1-7-3-4-9(8(7)2)14-12(15)10-5-6-11(18-10)13(16)17/h5-9H,3-4H2,1-2H3,(H,14,15)(H,16,17). The van der Waals surface area contributed by atoms with Gasteiger partial charge in [-0.3, -0.25) is 4.79 Å². The van der Waals surface area contributed by atoms with Crippen LogP contribution in [0.3, 0.4) is 0 Å². The Bertz CT molecular complexity index is 465. The van der Waals surface area contributed by atoms with Gasteiger partial charge >= 0.3 is 5.97 Å². The number of carboxylic acids is 1. The molecule has 1 amide bonds. The molecule has 1 aliphatic rings. The lowest BCUT2D eigenvalue weighted by Gasteiger charge is -2.18. The molecule has 1 aromatic rings. The molecule has 1 aromatic heterocycles. The summed E-state index contributed by atoms with van der Waals surface area (Å²) in [6.07, 6.45) is 2.06. The number of carbonyl (C=O) groups is 2. The average molecular weight is 251 g/mol. The summed E-state index contributed by atoms with van der Waals surface area (Å²) in [6, 6.07) is 2.82. The molecule has 0 radical (unpaired) electrons. The van der Waals surface area contributed by atoms with Crippen LogP contribution in [0.1, 0.15) is 47.8 Å². The maximum absolute atomic E-state index is 11.9. The van der Waals surface area contributed by atoms with Crippen LogP contribution in [0.2, 0.25) is 0 Å². The fraction of sp³-hybridized carbons (Fsp3) is 0.538. The van der Waals surface area contributed by atoms with E-state index in [1.54, 1.807) is 0 Å². The first kappa shape index (κ1) is 12.7. The molecular formula is C13H17NO4. The van der Waals surface area contributed by atoms with Crippen LogP contribution in [0.15, 0.2) is 16.5 Å². The predicted molar refractivity (Wildman–Crippen MR) is 64.5 cm³/mol. The van der Waals surface area contributed by atoms with Crippen molar-refractivity contribution in [1.82, 2.24) is 5.32 Å². The first-order valence-electron chi connectivity index (χ1n) is 6.13. The Morgan fingerprint density at radius 2 is 1.94 bits per heavy atom. The maximum atomic E-state index is 11.9. The van der Waals surface area contributed by atoms with E-state index < -0.39 is 5.97 Å². The molecule has 1 aliphatic carbocycles. The van der Waals surface area contributed by atoms with Gasteiger partial charge in [0.25, 0.3) is 5.91 Å². The Morgan fingerprint density at radius 3 is 2.44 bits per heavy atom. The third-order valence-corrected chi connectivity index (χ3v) is 3.82. The van der Waals surface area contributed by atoms with Crippen molar-refractivity contribution in [2.45, 2.75) is 32.7 Å². The van der Waals surface area contributed by atoms with Gasteiger partial charge < -0.3 is 14.8 Å². The summed E-state index contributed by atoms with van der Waals surface area (Å²) in [6.45, 7) is 4.29. The van der Waals surface area contributed by atoms with Crippen molar-refractivity contribution in [2.24, 2.45) is 11.8 Å². The lowest BCUT2D eigenvalue weighted by molar-refractivity contribution is 0.0659. The normalized spacial score (nSPS) is 27.1. The minimum atomic E-state index is -1.17. The molecule has 2 N–H and O–H groups in total. The van der Waals surface area contributed by atoms with Crippen LogP contribution in [0.5, 0.6) is 0 Å². The number of hydrogen-bond donors (Lipinski definition) is 2. The second kappa shape index (κ2) is 4.84. The van der Waals surface area contributed by atoms with Gasteiger partial charge in [0.1, 0.15) is 0 Å². The topological polar surface area (TPSA) is 79.5 Å². The molecule has 1 fully saturated rings. The summed E-state index contributed by atoms with van der Waals surface area (Å²) in [4.78, 5) is 22.5. The minimum absolute atomic E-state index is 0.0548. The molecule has 0 bridgehead atoms. The molecule has 18 heavy (non-hydrogen) atoms. The molecule has 1 heterocycles. The number of hydrogen-bond acceptors (Lipinski definition) is 3. The molecule has 3 atom stereocenters. The molecule has 98 valence electrons. The van der Waals surface area contributed by atoms with Crippen LogP contribution in [0.25, 0.3) is 0 Å². The highest BCUT2D eigenvalue weighted by molar-refractivity contribution is 5.93. The summed E-state index contributed by atoms with van der Waals surface area (Å²) in [5, 5.41) is 11.6. The number of aromatic carboxylic acids is 1. The average Bonchev–Trinajstić information content (AvgIpc) is 2.91. The maximum Gasteiger partial charge on any atom is 0.371 e. The van der Waals surface area contributed by atoms with Gasteiger partial charge in [0.2, 0.25) is 5.76 Å². The lowest BCUT2D eigenvalue weighted by atomic mass is 9.98. The number of amides is 1. The molecule has 0 saturated heterocycles. The van der Waals surface area contributed by atoms with Crippen LogP contribution in [-0.2, 0) is 0 Å². The second-order valence-corrected chi connectivity index (χ2v) is 4.96. The molecule has 3 unspecified atom stereocenters. The highest BCUT2D eigenvalue weighted by atomic mass is 16.4. The largest absolute Gasteiger partial charge is 0.475 e. The smallest absolute Gasteiger partial charge is 0.371 e. The van der Waals surface area contributed by atoms with Gasteiger partial charge in [0, 0.05) is 6.04 Å². The van der Waals surface area contributed by atoms with Crippen LogP contribution < -0.4 is 5.32 Å². The fourth-order valence-corrected chi connectivity index (χ4v) is 2.38. The Morgan fingerprint density at radius 1 is 1.28 bits per heavy atom. The van der Waals surface area contributed by atoms with Gasteiger partial charge in [-0.15, -0.1) is 0 Å². The Kier molecular flexibility index (Phi) is 3.41. The highest BCUT2D eigenvalue weighted by Gasteiger charge is 2.31. The van der Waals surface area contributed by atoms with Crippen molar-refractivity contribution in [1.29, 1.82) is 0 Å². The summed E-state index contributed by atoms with van der Waals surface area (Å²) in [7, 11) is 0. The van der Waals surface area contributed by atoms with Crippen LogP contribution in [0.4, 0.5) is 0 Å². The van der Waals surface area contributed by atoms with Gasteiger partial charge in [-0.2, -0.15) is 0 Å². The first-order valence-corrected chi connectivity index (χ1v) is 6.13.